The van der Waals surface area contributed by atoms with E-state index in [2.05, 4.69) is 12.1 Å². The van der Waals surface area contributed by atoms with Gasteiger partial charge in [0.1, 0.15) is 12.4 Å². The molecule has 172 valence electrons. The molecule has 1 fully saturated rings. The smallest absolute Gasteiger partial charge is 0.327 e. The monoisotopic (exact) mass is 480 g/mol. The van der Waals surface area contributed by atoms with Gasteiger partial charge >= 0.3 is 5.97 Å². The van der Waals surface area contributed by atoms with Crippen LogP contribution < -0.4 is 4.90 Å². The number of esters is 1. The number of anilines is 1. The van der Waals surface area contributed by atoms with Crippen molar-refractivity contribution < 1.29 is 9.53 Å². The van der Waals surface area contributed by atoms with Crippen LogP contribution in [-0.4, -0.2) is 25.0 Å². The van der Waals surface area contributed by atoms with Crippen LogP contribution in [0.2, 0.25) is 5.02 Å². The van der Waals surface area contributed by atoms with E-state index >= 15 is 0 Å². The highest BCUT2D eigenvalue weighted by Gasteiger charge is 2.63. The van der Waals surface area contributed by atoms with Crippen molar-refractivity contribution in [2.45, 2.75) is 18.9 Å². The molecule has 0 unspecified atom stereocenters. The van der Waals surface area contributed by atoms with Crippen LogP contribution in [0, 0.1) is 28.1 Å². The molecule has 1 saturated heterocycles. The maximum Gasteiger partial charge on any atom is 0.327 e. The number of benzene rings is 3. The number of carbonyl (C=O) groups is 1. The van der Waals surface area contributed by atoms with Crippen molar-refractivity contribution in [3.8, 4) is 23.3 Å². The Labute approximate surface area is 208 Å². The third-order valence-corrected chi connectivity index (χ3v) is 6.96. The largest absolute Gasteiger partial charge is 0.465 e. The van der Waals surface area contributed by atoms with Crippen molar-refractivity contribution in [2.75, 3.05) is 18.1 Å². The molecule has 2 atom stereocenters. The lowest BCUT2D eigenvalue weighted by Gasteiger charge is -2.37. The first-order valence-corrected chi connectivity index (χ1v) is 11.7. The van der Waals surface area contributed by atoms with Gasteiger partial charge in [0, 0.05) is 10.6 Å². The topological polar surface area (TPSA) is 89.5 Å². The lowest BCUT2D eigenvalue weighted by Crippen LogP contribution is -2.35. The van der Waals surface area contributed by atoms with Crippen molar-refractivity contribution in [1.29, 1.82) is 10.5 Å². The first-order chi connectivity index (χ1) is 17.1. The summed E-state index contributed by atoms with van der Waals surface area (Å²) in [6, 6.07) is 26.9. The first kappa shape index (κ1) is 22.7. The molecule has 2 aliphatic rings. The summed E-state index contributed by atoms with van der Waals surface area (Å²) in [5, 5.41) is 21.7. The molecule has 3 aromatic rings. The summed E-state index contributed by atoms with van der Waals surface area (Å²) in [7, 11) is 0. The second kappa shape index (κ2) is 8.91. The van der Waals surface area contributed by atoms with Gasteiger partial charge in [-0.05, 0) is 35.7 Å². The van der Waals surface area contributed by atoms with Crippen LogP contribution in [0.3, 0.4) is 0 Å². The molecule has 0 bridgehead atoms. The zero-order valence-electron chi connectivity index (χ0n) is 19.0. The quantitative estimate of drug-likeness (QED) is 0.449. The van der Waals surface area contributed by atoms with E-state index in [9.17, 15) is 15.3 Å². The van der Waals surface area contributed by atoms with Crippen LogP contribution in [0.1, 0.15) is 30.0 Å². The Hall–Kier alpha value is -4.13. The van der Waals surface area contributed by atoms with Gasteiger partial charge in [0.25, 0.3) is 0 Å². The van der Waals surface area contributed by atoms with Gasteiger partial charge in [-0.3, -0.25) is 9.79 Å². The van der Waals surface area contributed by atoms with E-state index in [1.54, 1.807) is 19.1 Å². The summed E-state index contributed by atoms with van der Waals surface area (Å²) < 4.78 is 5.11. The van der Waals surface area contributed by atoms with Gasteiger partial charge in [0.15, 0.2) is 5.41 Å². The SMILES string of the molecule is CCOC(=O)CN=C1[C@@H](c2ccccc2Cl)C(C#N)(C#N)[C@@H]2c3ccccc3-c3ccccc3N12. The lowest BCUT2D eigenvalue weighted by atomic mass is 9.69. The molecule has 0 N–H and O–H groups in total. The number of halogens is 1. The Balaban J connectivity index is 1.84. The highest BCUT2D eigenvalue weighted by atomic mass is 35.5. The summed E-state index contributed by atoms with van der Waals surface area (Å²) in [5.41, 5.74) is 2.67. The van der Waals surface area contributed by atoms with Gasteiger partial charge in [0.2, 0.25) is 0 Å². The fourth-order valence-electron chi connectivity index (χ4n) is 5.27. The van der Waals surface area contributed by atoms with E-state index in [0.29, 0.717) is 16.4 Å². The van der Waals surface area contributed by atoms with Crippen molar-refractivity contribution in [3.05, 3.63) is 88.9 Å². The minimum absolute atomic E-state index is 0.232. The number of ether oxygens (including phenoxy) is 1. The van der Waals surface area contributed by atoms with Gasteiger partial charge in [-0.1, -0.05) is 72.3 Å². The van der Waals surface area contributed by atoms with Crippen LogP contribution >= 0.6 is 11.6 Å². The van der Waals surface area contributed by atoms with E-state index in [1.165, 1.54) is 0 Å². The Bertz CT molecular complexity index is 1420. The van der Waals surface area contributed by atoms with E-state index < -0.39 is 23.3 Å². The van der Waals surface area contributed by atoms with E-state index in [4.69, 9.17) is 21.3 Å². The summed E-state index contributed by atoms with van der Waals surface area (Å²) in [5.74, 6) is -0.822. The van der Waals surface area contributed by atoms with Crippen LogP contribution in [0.25, 0.3) is 11.1 Å². The highest BCUT2D eigenvalue weighted by molar-refractivity contribution is 6.32. The van der Waals surface area contributed by atoms with Crippen molar-refractivity contribution >= 4 is 29.1 Å². The standard InChI is InChI=1S/C28H21ClN4O2/c1-2-35-24(34)15-32-27-25(21-12-5-7-13-22(21)29)28(16-30,17-31)26-20-11-4-3-9-18(20)19-10-6-8-14-23(19)33(26)27/h3-14,25-26H,2,15H2,1H3/t25-,26+/m1/s1. The molecule has 3 aromatic carbocycles. The lowest BCUT2D eigenvalue weighted by molar-refractivity contribution is -0.141. The molecule has 2 heterocycles. The molecule has 0 spiro atoms. The average molecular weight is 481 g/mol. The average Bonchev–Trinajstić information content (AvgIpc) is 3.19. The molecule has 0 radical (unpaired) electrons. The third-order valence-electron chi connectivity index (χ3n) is 6.62. The molecule has 0 aliphatic carbocycles. The molecule has 2 aliphatic heterocycles. The Morgan fingerprint density at radius 1 is 1.00 bits per heavy atom. The Kier molecular flexibility index (Phi) is 5.76. The van der Waals surface area contributed by atoms with Crippen LogP contribution in [0.5, 0.6) is 0 Å². The summed E-state index contributed by atoms with van der Waals surface area (Å²) in [6.45, 7) is 1.74. The normalized spacial score (nSPS) is 20.2. The summed E-state index contributed by atoms with van der Waals surface area (Å²) >= 11 is 6.64. The molecular formula is C28H21ClN4O2. The molecule has 0 saturated carbocycles. The second-order valence-corrected chi connectivity index (χ2v) is 8.81. The number of nitrogens with zero attached hydrogens (tertiary/aromatic N) is 4. The molecule has 7 heteroatoms. The van der Waals surface area contributed by atoms with Crippen molar-refractivity contribution in [1.82, 2.24) is 0 Å². The predicted octanol–water partition coefficient (Wildman–Crippen LogP) is 5.66. The number of nitriles is 2. The number of hydrogen-bond acceptors (Lipinski definition) is 5. The van der Waals surface area contributed by atoms with Gasteiger partial charge in [0.05, 0.1) is 36.4 Å². The van der Waals surface area contributed by atoms with E-state index in [1.807, 2.05) is 65.6 Å². The zero-order chi connectivity index (χ0) is 24.6. The number of rotatable bonds is 4. The van der Waals surface area contributed by atoms with Crippen molar-refractivity contribution in [2.24, 2.45) is 10.4 Å². The minimum atomic E-state index is -1.55. The summed E-state index contributed by atoms with van der Waals surface area (Å²) in [4.78, 5) is 18.9. The van der Waals surface area contributed by atoms with Gasteiger partial charge in [-0.15, -0.1) is 0 Å². The molecule has 35 heavy (non-hydrogen) atoms. The maximum atomic E-state index is 12.3. The van der Waals surface area contributed by atoms with Gasteiger partial charge in [-0.25, -0.2) is 0 Å². The summed E-state index contributed by atoms with van der Waals surface area (Å²) in [6.07, 6.45) is 0. The number of aliphatic imine (C=N–C) groups is 1. The van der Waals surface area contributed by atoms with E-state index in [-0.39, 0.29) is 13.2 Å². The number of fused-ring (bicyclic) bond motifs is 6. The predicted molar refractivity (Wildman–Crippen MR) is 134 cm³/mol. The molecule has 0 amide bonds. The second-order valence-electron chi connectivity index (χ2n) is 8.40. The zero-order valence-corrected chi connectivity index (χ0v) is 19.7. The fraction of sp³-hybridized carbons (Fsp3) is 0.214. The Morgan fingerprint density at radius 2 is 1.63 bits per heavy atom. The highest BCUT2D eigenvalue weighted by Crippen LogP contribution is 2.62. The molecule has 6 nitrogen and oxygen atoms in total. The number of amidine groups is 1. The van der Waals surface area contributed by atoms with Crippen molar-refractivity contribution in [3.63, 3.8) is 0 Å². The van der Waals surface area contributed by atoms with Crippen LogP contribution in [-0.2, 0) is 9.53 Å². The van der Waals surface area contributed by atoms with Gasteiger partial charge < -0.3 is 9.64 Å². The molecular weight excluding hydrogens is 460 g/mol. The number of carbonyl (C=O) groups excluding carboxylic acids is 1. The Morgan fingerprint density at radius 3 is 2.31 bits per heavy atom. The van der Waals surface area contributed by atoms with Crippen LogP contribution in [0.15, 0.2) is 77.8 Å². The number of hydrogen-bond donors (Lipinski definition) is 0. The maximum absolute atomic E-state index is 12.3. The van der Waals surface area contributed by atoms with E-state index in [0.717, 1.165) is 22.4 Å². The number of para-hydroxylation sites is 1. The third kappa shape index (κ3) is 3.38. The molecule has 5 rings (SSSR count). The fourth-order valence-corrected chi connectivity index (χ4v) is 5.51. The van der Waals surface area contributed by atoms with Gasteiger partial charge in [-0.2, -0.15) is 10.5 Å². The molecule has 0 aromatic heterocycles. The van der Waals surface area contributed by atoms with Crippen LogP contribution in [0.4, 0.5) is 5.69 Å². The first-order valence-electron chi connectivity index (χ1n) is 11.3. The minimum Gasteiger partial charge on any atom is -0.465 e.